The number of rotatable bonds is 3. The van der Waals surface area contributed by atoms with E-state index in [1.165, 1.54) is 6.07 Å². The van der Waals surface area contributed by atoms with Crippen molar-refractivity contribution >= 4 is 27.3 Å². The molecule has 6 heteroatoms. The summed E-state index contributed by atoms with van der Waals surface area (Å²) in [6.45, 7) is 0.465. The molecular formula is C14H11BrN2O3. The number of benzene rings is 2. The molecule has 1 unspecified atom stereocenters. The van der Waals surface area contributed by atoms with Gasteiger partial charge in [-0.2, -0.15) is 0 Å². The van der Waals surface area contributed by atoms with Crippen LogP contribution in [0.1, 0.15) is 11.6 Å². The third kappa shape index (κ3) is 2.34. The van der Waals surface area contributed by atoms with Gasteiger partial charge in [-0.05, 0) is 18.2 Å². The Bertz CT molecular complexity index is 675. The van der Waals surface area contributed by atoms with Crippen molar-refractivity contribution in [2.24, 2.45) is 0 Å². The summed E-state index contributed by atoms with van der Waals surface area (Å²) in [4.78, 5) is 10.7. The van der Waals surface area contributed by atoms with E-state index in [9.17, 15) is 10.1 Å². The Morgan fingerprint density at radius 3 is 2.90 bits per heavy atom. The maximum atomic E-state index is 11.1. The SMILES string of the molecule is O=[N+]([O-])c1cc(Br)ccc1NC1COc2ccccc21. The Morgan fingerprint density at radius 2 is 2.10 bits per heavy atom. The number of nitro groups is 1. The molecule has 0 fully saturated rings. The van der Waals surface area contributed by atoms with E-state index < -0.39 is 4.92 Å². The van der Waals surface area contributed by atoms with Gasteiger partial charge in [-0.1, -0.05) is 34.1 Å². The first kappa shape index (κ1) is 12.9. The first-order valence-electron chi connectivity index (χ1n) is 6.07. The minimum atomic E-state index is -0.394. The summed E-state index contributed by atoms with van der Waals surface area (Å²) in [6.07, 6.45) is 0. The van der Waals surface area contributed by atoms with Gasteiger partial charge in [0.05, 0.1) is 11.0 Å². The molecule has 0 amide bonds. The molecule has 1 aliphatic heterocycles. The van der Waals surface area contributed by atoms with Crippen molar-refractivity contribution in [2.45, 2.75) is 6.04 Å². The maximum Gasteiger partial charge on any atom is 0.293 e. The lowest BCUT2D eigenvalue weighted by molar-refractivity contribution is -0.384. The number of anilines is 1. The number of nitrogens with zero attached hydrogens (tertiary/aromatic N) is 1. The summed E-state index contributed by atoms with van der Waals surface area (Å²) in [5.74, 6) is 0.824. The van der Waals surface area contributed by atoms with Crippen LogP contribution in [-0.2, 0) is 0 Å². The van der Waals surface area contributed by atoms with Crippen LogP contribution >= 0.6 is 15.9 Å². The minimum absolute atomic E-state index is 0.0451. The lowest BCUT2D eigenvalue weighted by atomic mass is 10.1. The number of nitro benzene ring substituents is 1. The largest absolute Gasteiger partial charge is 0.491 e. The van der Waals surface area contributed by atoms with Gasteiger partial charge in [0, 0.05) is 16.1 Å². The van der Waals surface area contributed by atoms with Crippen molar-refractivity contribution in [1.82, 2.24) is 0 Å². The molecule has 102 valence electrons. The molecule has 20 heavy (non-hydrogen) atoms. The topological polar surface area (TPSA) is 64.4 Å². The fraction of sp³-hybridized carbons (Fsp3) is 0.143. The molecule has 3 rings (SSSR count). The molecule has 0 aliphatic carbocycles. The third-order valence-electron chi connectivity index (χ3n) is 3.19. The Morgan fingerprint density at radius 1 is 1.30 bits per heavy atom. The van der Waals surface area contributed by atoms with Gasteiger partial charge in [-0.3, -0.25) is 10.1 Å². The van der Waals surface area contributed by atoms with E-state index in [1.807, 2.05) is 24.3 Å². The van der Waals surface area contributed by atoms with E-state index in [1.54, 1.807) is 12.1 Å². The van der Waals surface area contributed by atoms with Crippen molar-refractivity contribution in [3.63, 3.8) is 0 Å². The number of nitrogens with one attached hydrogen (secondary N) is 1. The maximum absolute atomic E-state index is 11.1. The number of halogens is 1. The quantitative estimate of drug-likeness (QED) is 0.682. The van der Waals surface area contributed by atoms with Crippen LogP contribution in [0.25, 0.3) is 0 Å². The highest BCUT2D eigenvalue weighted by atomic mass is 79.9. The molecule has 0 radical (unpaired) electrons. The molecule has 0 bridgehead atoms. The average molecular weight is 335 g/mol. The first-order chi connectivity index (χ1) is 9.65. The predicted octanol–water partition coefficient (Wildman–Crippen LogP) is 3.90. The monoisotopic (exact) mass is 334 g/mol. The summed E-state index contributed by atoms with van der Waals surface area (Å²) in [5, 5.41) is 14.3. The van der Waals surface area contributed by atoms with Crippen molar-refractivity contribution in [1.29, 1.82) is 0 Å². The fourth-order valence-corrected chi connectivity index (χ4v) is 2.60. The van der Waals surface area contributed by atoms with E-state index in [-0.39, 0.29) is 11.7 Å². The number of fused-ring (bicyclic) bond motifs is 1. The Labute approximate surface area is 123 Å². The molecule has 0 aromatic heterocycles. The van der Waals surface area contributed by atoms with Crippen LogP contribution in [0.3, 0.4) is 0 Å². The van der Waals surface area contributed by atoms with Gasteiger partial charge >= 0.3 is 0 Å². The fourth-order valence-electron chi connectivity index (χ4n) is 2.25. The Balaban J connectivity index is 1.92. The zero-order valence-corrected chi connectivity index (χ0v) is 12.0. The van der Waals surface area contributed by atoms with Gasteiger partial charge in [0.2, 0.25) is 0 Å². The molecule has 2 aromatic rings. The Kier molecular flexibility index (Phi) is 3.31. The molecule has 1 heterocycles. The highest BCUT2D eigenvalue weighted by Crippen LogP contribution is 2.37. The number of hydrogen-bond donors (Lipinski definition) is 1. The lowest BCUT2D eigenvalue weighted by Crippen LogP contribution is -2.13. The van der Waals surface area contributed by atoms with Crippen molar-refractivity contribution in [3.05, 3.63) is 62.6 Å². The summed E-state index contributed by atoms with van der Waals surface area (Å²) >= 11 is 3.25. The van der Waals surface area contributed by atoms with E-state index in [0.29, 0.717) is 16.8 Å². The summed E-state index contributed by atoms with van der Waals surface area (Å²) in [5.41, 5.74) is 1.55. The van der Waals surface area contributed by atoms with Gasteiger partial charge in [0.25, 0.3) is 5.69 Å². The van der Waals surface area contributed by atoms with Crippen LogP contribution in [0.4, 0.5) is 11.4 Å². The number of para-hydroxylation sites is 1. The van der Waals surface area contributed by atoms with Crippen LogP contribution in [0.15, 0.2) is 46.9 Å². The molecule has 0 spiro atoms. The van der Waals surface area contributed by atoms with Gasteiger partial charge < -0.3 is 10.1 Å². The summed E-state index contributed by atoms with van der Waals surface area (Å²) in [7, 11) is 0. The molecular weight excluding hydrogens is 324 g/mol. The second kappa shape index (κ2) is 5.13. The van der Waals surface area contributed by atoms with E-state index in [2.05, 4.69) is 21.2 Å². The molecule has 0 saturated carbocycles. The summed E-state index contributed by atoms with van der Waals surface area (Å²) in [6, 6.07) is 12.6. The standard InChI is InChI=1S/C14H11BrN2O3/c15-9-5-6-11(13(7-9)17(18)19)16-12-8-20-14-4-2-1-3-10(12)14/h1-7,12,16H,8H2. The van der Waals surface area contributed by atoms with E-state index in [4.69, 9.17) is 4.74 Å². The zero-order chi connectivity index (χ0) is 14.1. The van der Waals surface area contributed by atoms with Gasteiger partial charge in [-0.15, -0.1) is 0 Å². The Hall–Kier alpha value is -2.08. The second-order valence-corrected chi connectivity index (χ2v) is 5.38. The summed E-state index contributed by atoms with van der Waals surface area (Å²) < 4.78 is 6.24. The van der Waals surface area contributed by atoms with Crippen molar-refractivity contribution < 1.29 is 9.66 Å². The molecule has 1 atom stereocenters. The predicted molar refractivity (Wildman–Crippen MR) is 79.1 cm³/mol. The van der Waals surface area contributed by atoms with E-state index >= 15 is 0 Å². The molecule has 2 aromatic carbocycles. The van der Waals surface area contributed by atoms with Gasteiger partial charge in [-0.25, -0.2) is 0 Å². The van der Waals surface area contributed by atoms with Gasteiger partial charge in [0.1, 0.15) is 18.0 Å². The first-order valence-corrected chi connectivity index (χ1v) is 6.86. The van der Waals surface area contributed by atoms with E-state index in [0.717, 1.165) is 11.3 Å². The highest BCUT2D eigenvalue weighted by molar-refractivity contribution is 9.10. The van der Waals surface area contributed by atoms with Crippen molar-refractivity contribution in [2.75, 3.05) is 11.9 Å². The number of hydrogen-bond acceptors (Lipinski definition) is 4. The number of ether oxygens (including phenoxy) is 1. The molecule has 1 N–H and O–H groups in total. The van der Waals surface area contributed by atoms with Crippen LogP contribution in [0.5, 0.6) is 5.75 Å². The van der Waals surface area contributed by atoms with Crippen LogP contribution in [0.2, 0.25) is 0 Å². The van der Waals surface area contributed by atoms with Crippen LogP contribution in [0, 0.1) is 10.1 Å². The average Bonchev–Trinajstić information content (AvgIpc) is 2.84. The molecule has 0 saturated heterocycles. The highest BCUT2D eigenvalue weighted by Gasteiger charge is 2.25. The zero-order valence-electron chi connectivity index (χ0n) is 10.4. The minimum Gasteiger partial charge on any atom is -0.491 e. The third-order valence-corrected chi connectivity index (χ3v) is 3.68. The van der Waals surface area contributed by atoms with Gasteiger partial charge in [0.15, 0.2) is 0 Å². The normalized spacial score (nSPS) is 16.4. The van der Waals surface area contributed by atoms with Crippen molar-refractivity contribution in [3.8, 4) is 5.75 Å². The molecule has 5 nitrogen and oxygen atoms in total. The second-order valence-electron chi connectivity index (χ2n) is 4.46. The smallest absolute Gasteiger partial charge is 0.293 e. The lowest BCUT2D eigenvalue weighted by Gasteiger charge is -2.13. The van der Waals surface area contributed by atoms with Crippen LogP contribution < -0.4 is 10.1 Å². The van der Waals surface area contributed by atoms with Crippen LogP contribution in [-0.4, -0.2) is 11.5 Å². The molecule has 1 aliphatic rings.